The number of benzene rings is 4. The van der Waals surface area contributed by atoms with Crippen molar-refractivity contribution in [2.24, 2.45) is 0 Å². The van der Waals surface area contributed by atoms with Crippen LogP contribution in [0.2, 0.25) is 0 Å². The minimum Gasteiger partial charge on any atom is -0.0654 e. The van der Waals surface area contributed by atoms with Crippen molar-refractivity contribution in [3.8, 4) is 33.4 Å². The molecular weight excluding hydrogens is 613 g/mol. The van der Waals surface area contributed by atoms with Gasteiger partial charge in [0.2, 0.25) is 0 Å². The van der Waals surface area contributed by atoms with Crippen molar-refractivity contribution in [3.63, 3.8) is 0 Å². The quantitative estimate of drug-likeness (QED) is 0.103. The summed E-state index contributed by atoms with van der Waals surface area (Å²) in [5, 5.41) is 0. The van der Waals surface area contributed by atoms with Gasteiger partial charge in [0.05, 0.1) is 0 Å². The van der Waals surface area contributed by atoms with Crippen LogP contribution in [0.3, 0.4) is 0 Å². The molecule has 0 heteroatoms. The Labute approximate surface area is 311 Å². The number of hydrogen-bond acceptors (Lipinski definition) is 0. The Kier molecular flexibility index (Phi) is 11.9. The second-order valence-corrected chi connectivity index (χ2v) is 16.8. The highest BCUT2D eigenvalue weighted by atomic mass is 14.5. The molecule has 51 heavy (non-hydrogen) atoms. The highest BCUT2D eigenvalue weighted by molar-refractivity contribution is 5.87. The van der Waals surface area contributed by atoms with Crippen LogP contribution < -0.4 is 0 Å². The van der Waals surface area contributed by atoms with Crippen molar-refractivity contribution in [2.45, 2.75) is 174 Å². The molecule has 0 saturated carbocycles. The van der Waals surface area contributed by atoms with Crippen LogP contribution in [0.5, 0.6) is 0 Å². The summed E-state index contributed by atoms with van der Waals surface area (Å²) in [6, 6.07) is 25.2. The molecule has 270 valence electrons. The summed E-state index contributed by atoms with van der Waals surface area (Å²) in [4.78, 5) is 0. The van der Waals surface area contributed by atoms with Crippen molar-refractivity contribution >= 4 is 0 Å². The molecule has 3 aliphatic rings. The van der Waals surface area contributed by atoms with E-state index in [4.69, 9.17) is 0 Å². The fourth-order valence-electron chi connectivity index (χ4n) is 10.5. The van der Waals surface area contributed by atoms with Crippen LogP contribution in [0.25, 0.3) is 33.4 Å². The molecule has 0 fully saturated rings. The normalized spacial score (nSPS) is 15.7. The van der Waals surface area contributed by atoms with Crippen molar-refractivity contribution in [2.75, 3.05) is 0 Å². The van der Waals surface area contributed by atoms with E-state index in [1.165, 1.54) is 186 Å². The average molecular weight is 679 g/mol. The maximum absolute atomic E-state index is 2.70. The molecule has 0 aromatic heterocycles. The van der Waals surface area contributed by atoms with Crippen LogP contribution in [0.15, 0.2) is 60.7 Å². The smallest absolute Gasteiger partial charge is 0.0215 e. The number of fused-ring (bicyclic) bond motifs is 5. The van der Waals surface area contributed by atoms with Gasteiger partial charge in [0.25, 0.3) is 0 Å². The third-order valence-electron chi connectivity index (χ3n) is 13.4. The molecule has 0 atom stereocenters. The number of unbranched alkanes of at least 4 members (excludes halogenated alkanes) is 10. The Morgan fingerprint density at radius 2 is 0.784 bits per heavy atom. The second kappa shape index (κ2) is 16.7. The maximum Gasteiger partial charge on any atom is 0.0215 e. The fourth-order valence-corrected chi connectivity index (χ4v) is 10.5. The van der Waals surface area contributed by atoms with Gasteiger partial charge in [-0.15, -0.1) is 0 Å². The zero-order chi connectivity index (χ0) is 35.2. The van der Waals surface area contributed by atoms with Gasteiger partial charge in [0.15, 0.2) is 0 Å². The molecule has 0 heterocycles. The Morgan fingerprint density at radius 3 is 1.22 bits per heavy atom. The fraction of sp³-hybridized carbons (Fsp3) is 0.529. The Morgan fingerprint density at radius 1 is 0.412 bits per heavy atom. The van der Waals surface area contributed by atoms with Gasteiger partial charge in [-0.25, -0.2) is 0 Å². The first-order chi connectivity index (χ1) is 25.1. The summed E-state index contributed by atoms with van der Waals surface area (Å²) in [5.74, 6) is 0. The molecule has 0 saturated heterocycles. The summed E-state index contributed by atoms with van der Waals surface area (Å²) < 4.78 is 0. The summed E-state index contributed by atoms with van der Waals surface area (Å²) in [6.45, 7) is 9.35. The van der Waals surface area contributed by atoms with Gasteiger partial charge in [0.1, 0.15) is 0 Å². The first kappa shape index (κ1) is 36.2. The monoisotopic (exact) mass is 679 g/mol. The van der Waals surface area contributed by atoms with E-state index in [9.17, 15) is 0 Å². The molecule has 0 bridgehead atoms. The lowest BCUT2D eigenvalue weighted by Crippen LogP contribution is -2.26. The summed E-state index contributed by atoms with van der Waals surface area (Å²) in [7, 11) is 0. The Balaban J connectivity index is 1.34. The lowest BCUT2D eigenvalue weighted by Gasteiger charge is -2.34. The second-order valence-electron chi connectivity index (χ2n) is 16.8. The van der Waals surface area contributed by atoms with Crippen LogP contribution in [0.4, 0.5) is 0 Å². The number of rotatable bonds is 16. The van der Waals surface area contributed by atoms with E-state index in [0.29, 0.717) is 0 Å². The summed E-state index contributed by atoms with van der Waals surface area (Å²) >= 11 is 0. The van der Waals surface area contributed by atoms with Gasteiger partial charge in [-0.3, -0.25) is 0 Å². The van der Waals surface area contributed by atoms with Gasteiger partial charge in [-0.2, -0.15) is 0 Å². The van der Waals surface area contributed by atoms with E-state index in [0.717, 1.165) is 0 Å². The van der Waals surface area contributed by atoms with Gasteiger partial charge in [-0.1, -0.05) is 139 Å². The molecule has 0 spiro atoms. The molecule has 0 unspecified atom stereocenters. The Hall–Kier alpha value is -3.12. The lowest BCUT2D eigenvalue weighted by molar-refractivity contribution is 0.398. The molecule has 3 aliphatic carbocycles. The predicted molar refractivity (Wildman–Crippen MR) is 222 cm³/mol. The minimum absolute atomic E-state index is 0.0850. The average Bonchev–Trinajstić information content (AvgIpc) is 3.43. The molecule has 4 aromatic carbocycles. The molecule has 0 amide bonds. The van der Waals surface area contributed by atoms with E-state index in [2.05, 4.69) is 88.4 Å². The largest absolute Gasteiger partial charge is 0.0654 e. The Bertz CT molecular complexity index is 1670. The van der Waals surface area contributed by atoms with E-state index < -0.39 is 0 Å². The molecular formula is C51H66. The van der Waals surface area contributed by atoms with Gasteiger partial charge in [0, 0.05) is 5.41 Å². The van der Waals surface area contributed by atoms with Crippen LogP contribution in [0.1, 0.15) is 174 Å². The molecule has 0 radical (unpaired) electrons. The minimum atomic E-state index is 0.0850. The van der Waals surface area contributed by atoms with Crippen LogP contribution in [-0.2, 0) is 31.1 Å². The first-order valence-electron chi connectivity index (χ1n) is 21.6. The number of aryl methyl sites for hydroxylation is 2. The van der Waals surface area contributed by atoms with Crippen molar-refractivity contribution < 1.29 is 0 Å². The van der Waals surface area contributed by atoms with Crippen LogP contribution in [-0.4, -0.2) is 0 Å². The first-order valence-corrected chi connectivity index (χ1v) is 21.6. The number of hydrogen-bond donors (Lipinski definition) is 0. The molecule has 0 aliphatic heterocycles. The molecule has 4 aromatic rings. The topological polar surface area (TPSA) is 0 Å². The lowest BCUT2D eigenvalue weighted by atomic mass is 9.69. The van der Waals surface area contributed by atoms with Crippen LogP contribution in [0, 0.1) is 13.8 Å². The molecule has 7 rings (SSSR count). The maximum atomic E-state index is 2.70. The van der Waals surface area contributed by atoms with Gasteiger partial charge < -0.3 is 0 Å². The standard InChI is InChI=1S/C51H66/c1-5-7-9-11-13-19-33-51(34-20-14-12-10-8-6-2)49-35-39(43-29-25-37(3)41-21-15-17-23-45(41)43)27-31-47(49)48-32-28-40(36-50(48)51)44-30-26-38(4)42-22-16-18-24-46(42)44/h25-32,35-36H,5-24,33-34H2,1-4H3. The SMILES string of the molecule is CCCCCCCCC1(CCCCCCCC)c2cc(-c3ccc(C)c4c3CCCC4)ccc2-c2ccc(-c3ccc(C)c4c3CCCC4)cc21. The highest BCUT2D eigenvalue weighted by Gasteiger charge is 2.43. The third-order valence-corrected chi connectivity index (χ3v) is 13.4. The van der Waals surface area contributed by atoms with E-state index >= 15 is 0 Å². The van der Waals surface area contributed by atoms with Crippen molar-refractivity contribution in [3.05, 3.63) is 105 Å². The predicted octanol–water partition coefficient (Wildman–Crippen LogP) is 15.2. The van der Waals surface area contributed by atoms with E-state index in [1.54, 1.807) is 33.4 Å². The molecule has 0 nitrogen and oxygen atoms in total. The highest BCUT2D eigenvalue weighted by Crippen LogP contribution is 2.56. The third kappa shape index (κ3) is 7.41. The zero-order valence-corrected chi connectivity index (χ0v) is 32.8. The van der Waals surface area contributed by atoms with Crippen molar-refractivity contribution in [1.29, 1.82) is 0 Å². The van der Waals surface area contributed by atoms with Gasteiger partial charge in [-0.05, 0) is 168 Å². The van der Waals surface area contributed by atoms with E-state index in [-0.39, 0.29) is 5.41 Å². The zero-order valence-electron chi connectivity index (χ0n) is 32.8. The van der Waals surface area contributed by atoms with Crippen molar-refractivity contribution in [1.82, 2.24) is 0 Å². The molecule has 0 N–H and O–H groups in total. The van der Waals surface area contributed by atoms with Crippen LogP contribution >= 0.6 is 0 Å². The summed E-state index contributed by atoms with van der Waals surface area (Å²) in [6.07, 6.45) is 29.1. The van der Waals surface area contributed by atoms with Gasteiger partial charge >= 0.3 is 0 Å². The summed E-state index contributed by atoms with van der Waals surface area (Å²) in [5.41, 5.74) is 21.9. The van der Waals surface area contributed by atoms with E-state index in [1.807, 2.05) is 0 Å².